The number of carbonyl (C=O) groups excluding carboxylic acids is 1. The van der Waals surface area contributed by atoms with Crippen molar-refractivity contribution in [2.24, 2.45) is 5.92 Å². The van der Waals surface area contributed by atoms with Gasteiger partial charge in [0.1, 0.15) is 18.2 Å². The number of phenols is 1. The first-order valence-electron chi connectivity index (χ1n) is 12.3. The molecular weight excluding hydrogens is 452 g/mol. The Morgan fingerprint density at radius 2 is 1.89 bits per heavy atom. The number of aromatic hydroxyl groups is 1. The van der Waals surface area contributed by atoms with E-state index < -0.39 is 6.09 Å². The highest BCUT2D eigenvalue weighted by atomic mass is 16.5. The van der Waals surface area contributed by atoms with Crippen molar-refractivity contribution in [1.82, 2.24) is 15.3 Å². The van der Waals surface area contributed by atoms with Gasteiger partial charge >= 0.3 is 6.09 Å². The molecule has 3 aromatic carbocycles. The standard InChI is InChI=1S/C29H30N4O3/c1-20-13-14-23-25(16-20)31-27(24-11-5-6-12-26(24)34)32-28(23)33-15-7-10-22(18-33)17-30-29(35)36-19-21-8-3-2-4-9-21/h2-6,8-9,11-14,16,22,34H,7,10,15,17-19H2,1H3,(H,30,35). The van der Waals surface area contributed by atoms with Crippen LogP contribution in [-0.2, 0) is 11.3 Å². The van der Waals surface area contributed by atoms with Crippen molar-refractivity contribution in [2.45, 2.75) is 26.4 Å². The number of carbonyl (C=O) groups is 1. The quantitative estimate of drug-likeness (QED) is 0.380. The fourth-order valence-electron chi connectivity index (χ4n) is 4.67. The molecule has 1 amide bonds. The van der Waals surface area contributed by atoms with Gasteiger partial charge in [-0.05, 0) is 61.1 Å². The maximum Gasteiger partial charge on any atom is 0.407 e. The third kappa shape index (κ3) is 5.40. The number of ether oxygens (including phenoxy) is 1. The van der Waals surface area contributed by atoms with Crippen LogP contribution >= 0.6 is 0 Å². The fourth-order valence-corrected chi connectivity index (χ4v) is 4.67. The molecule has 0 aliphatic carbocycles. The molecule has 5 rings (SSSR count). The summed E-state index contributed by atoms with van der Waals surface area (Å²) in [6.07, 6.45) is 1.61. The Bertz CT molecular complexity index is 1360. The Morgan fingerprint density at radius 1 is 1.08 bits per heavy atom. The van der Waals surface area contributed by atoms with Gasteiger partial charge in [-0.3, -0.25) is 0 Å². The van der Waals surface area contributed by atoms with Gasteiger partial charge in [-0.25, -0.2) is 14.8 Å². The van der Waals surface area contributed by atoms with Crippen molar-refractivity contribution in [1.29, 1.82) is 0 Å². The SMILES string of the molecule is Cc1ccc2c(N3CCCC(CNC(=O)OCc4ccccc4)C3)nc(-c3ccccc3O)nc2c1. The predicted molar refractivity (Wildman–Crippen MR) is 141 cm³/mol. The van der Waals surface area contributed by atoms with Crippen molar-refractivity contribution < 1.29 is 14.6 Å². The molecule has 4 aromatic rings. The summed E-state index contributed by atoms with van der Waals surface area (Å²) in [7, 11) is 0. The van der Waals surface area contributed by atoms with Gasteiger partial charge in [0.25, 0.3) is 0 Å². The number of piperidine rings is 1. The summed E-state index contributed by atoms with van der Waals surface area (Å²) in [5, 5.41) is 14.3. The molecule has 1 saturated heterocycles. The number of rotatable bonds is 6. The largest absolute Gasteiger partial charge is 0.507 e. The number of aryl methyl sites for hydroxylation is 1. The number of nitrogens with zero attached hydrogens (tertiary/aromatic N) is 3. The van der Waals surface area contributed by atoms with Crippen LogP contribution in [0, 0.1) is 12.8 Å². The summed E-state index contributed by atoms with van der Waals surface area (Å²) in [4.78, 5) is 24.2. The van der Waals surface area contributed by atoms with Crippen molar-refractivity contribution in [3.63, 3.8) is 0 Å². The smallest absolute Gasteiger partial charge is 0.407 e. The summed E-state index contributed by atoms with van der Waals surface area (Å²) in [6.45, 7) is 4.47. The van der Waals surface area contributed by atoms with Crippen LogP contribution < -0.4 is 10.2 Å². The third-order valence-electron chi connectivity index (χ3n) is 6.54. The van der Waals surface area contributed by atoms with E-state index in [0.29, 0.717) is 17.9 Å². The maximum absolute atomic E-state index is 12.3. The first-order valence-corrected chi connectivity index (χ1v) is 12.3. The van der Waals surface area contributed by atoms with E-state index in [1.54, 1.807) is 12.1 Å². The zero-order chi connectivity index (χ0) is 24.9. The molecule has 2 N–H and O–H groups in total. The lowest BCUT2D eigenvalue weighted by molar-refractivity contribution is 0.137. The number of benzene rings is 3. The summed E-state index contributed by atoms with van der Waals surface area (Å²) >= 11 is 0. The molecule has 0 bridgehead atoms. The number of nitrogens with one attached hydrogen (secondary N) is 1. The molecule has 1 unspecified atom stereocenters. The molecule has 0 spiro atoms. The molecule has 1 aromatic heterocycles. The van der Waals surface area contributed by atoms with Gasteiger partial charge in [-0.15, -0.1) is 0 Å². The molecule has 36 heavy (non-hydrogen) atoms. The van der Waals surface area contributed by atoms with E-state index in [0.717, 1.165) is 53.8 Å². The lowest BCUT2D eigenvalue weighted by Gasteiger charge is -2.34. The number of hydrogen-bond acceptors (Lipinski definition) is 6. The number of amides is 1. The van der Waals surface area contributed by atoms with Gasteiger partial charge in [0, 0.05) is 25.0 Å². The zero-order valence-corrected chi connectivity index (χ0v) is 20.4. The van der Waals surface area contributed by atoms with E-state index in [-0.39, 0.29) is 18.3 Å². The van der Waals surface area contributed by atoms with E-state index in [2.05, 4.69) is 28.4 Å². The average molecular weight is 483 g/mol. The topological polar surface area (TPSA) is 87.6 Å². The highest BCUT2D eigenvalue weighted by Crippen LogP contribution is 2.33. The highest BCUT2D eigenvalue weighted by Gasteiger charge is 2.24. The fraction of sp³-hybridized carbons (Fsp3) is 0.276. The number of phenolic OH excluding ortho intramolecular Hbond substituents is 1. The lowest BCUT2D eigenvalue weighted by Crippen LogP contribution is -2.41. The van der Waals surface area contributed by atoms with Crippen LogP contribution in [-0.4, -0.2) is 40.8 Å². The number of alkyl carbamates (subject to hydrolysis) is 1. The zero-order valence-electron chi connectivity index (χ0n) is 20.4. The van der Waals surface area contributed by atoms with Crippen LogP contribution in [0.3, 0.4) is 0 Å². The molecule has 1 aliphatic heterocycles. The minimum absolute atomic E-state index is 0.158. The third-order valence-corrected chi connectivity index (χ3v) is 6.54. The minimum Gasteiger partial charge on any atom is -0.507 e. The average Bonchev–Trinajstić information content (AvgIpc) is 2.91. The van der Waals surface area contributed by atoms with Crippen LogP contribution in [0.15, 0.2) is 72.8 Å². The first kappa shape index (κ1) is 23.6. The Morgan fingerprint density at radius 3 is 2.72 bits per heavy atom. The Balaban J connectivity index is 1.32. The van der Waals surface area contributed by atoms with Crippen LogP contribution in [0.1, 0.15) is 24.0 Å². The van der Waals surface area contributed by atoms with E-state index in [1.165, 1.54) is 0 Å². The molecule has 7 nitrogen and oxygen atoms in total. The number of fused-ring (bicyclic) bond motifs is 1. The van der Waals surface area contributed by atoms with Crippen molar-refractivity contribution >= 4 is 22.8 Å². The van der Waals surface area contributed by atoms with Crippen LogP contribution in [0.4, 0.5) is 10.6 Å². The molecule has 7 heteroatoms. The summed E-state index contributed by atoms with van der Waals surface area (Å²) < 4.78 is 5.37. The Labute approximate surface area is 210 Å². The van der Waals surface area contributed by atoms with Gasteiger partial charge in [-0.1, -0.05) is 48.5 Å². The predicted octanol–water partition coefficient (Wildman–Crippen LogP) is 5.45. The minimum atomic E-state index is -0.402. The van der Waals surface area contributed by atoms with Gasteiger partial charge in [-0.2, -0.15) is 0 Å². The van der Waals surface area contributed by atoms with Gasteiger partial charge in [0.15, 0.2) is 5.82 Å². The van der Waals surface area contributed by atoms with E-state index in [1.807, 2.05) is 49.4 Å². The molecule has 1 atom stereocenters. The van der Waals surface area contributed by atoms with Crippen LogP contribution in [0.25, 0.3) is 22.3 Å². The Hall–Kier alpha value is -4.13. The van der Waals surface area contributed by atoms with Gasteiger partial charge in [0.2, 0.25) is 0 Å². The monoisotopic (exact) mass is 482 g/mol. The van der Waals surface area contributed by atoms with Crippen molar-refractivity contribution in [3.05, 3.63) is 83.9 Å². The maximum atomic E-state index is 12.3. The highest BCUT2D eigenvalue weighted by molar-refractivity contribution is 5.92. The van der Waals surface area contributed by atoms with Gasteiger partial charge in [0.05, 0.1) is 11.1 Å². The second kappa shape index (κ2) is 10.6. The first-order chi connectivity index (χ1) is 17.6. The van der Waals surface area contributed by atoms with E-state index in [4.69, 9.17) is 14.7 Å². The molecular formula is C29H30N4O3. The number of anilines is 1. The van der Waals surface area contributed by atoms with Crippen molar-refractivity contribution in [3.8, 4) is 17.1 Å². The molecule has 0 saturated carbocycles. The normalized spacial score (nSPS) is 15.6. The number of aromatic nitrogens is 2. The summed E-state index contributed by atoms with van der Waals surface area (Å²) in [5.74, 6) is 1.79. The summed E-state index contributed by atoms with van der Waals surface area (Å²) in [5.41, 5.74) is 3.54. The molecule has 2 heterocycles. The molecule has 0 radical (unpaired) electrons. The lowest BCUT2D eigenvalue weighted by atomic mass is 9.97. The summed E-state index contributed by atoms with van der Waals surface area (Å²) in [6, 6.07) is 23.0. The van der Waals surface area contributed by atoms with Crippen molar-refractivity contribution in [2.75, 3.05) is 24.5 Å². The second-order valence-corrected chi connectivity index (χ2v) is 9.31. The number of hydrogen-bond donors (Lipinski definition) is 2. The van der Waals surface area contributed by atoms with E-state index >= 15 is 0 Å². The van der Waals surface area contributed by atoms with Gasteiger partial charge < -0.3 is 20.1 Å². The molecule has 1 fully saturated rings. The molecule has 1 aliphatic rings. The van der Waals surface area contributed by atoms with Crippen LogP contribution in [0.5, 0.6) is 5.75 Å². The second-order valence-electron chi connectivity index (χ2n) is 9.31. The van der Waals surface area contributed by atoms with Crippen LogP contribution in [0.2, 0.25) is 0 Å². The Kier molecular flexibility index (Phi) is 6.98. The van der Waals surface area contributed by atoms with E-state index in [9.17, 15) is 9.90 Å². The number of para-hydroxylation sites is 1. The molecule has 184 valence electrons.